The van der Waals surface area contributed by atoms with E-state index in [9.17, 15) is 0 Å². The SMILES string of the molecule is CCN1C(C)CNCC1CC#N. The number of hydrogen-bond donors (Lipinski definition) is 1. The van der Waals surface area contributed by atoms with Crippen LogP contribution < -0.4 is 5.32 Å². The number of piperazine rings is 1. The summed E-state index contributed by atoms with van der Waals surface area (Å²) in [4.78, 5) is 2.40. The first-order valence-electron chi connectivity index (χ1n) is 4.63. The van der Waals surface area contributed by atoms with Crippen LogP contribution >= 0.6 is 0 Å². The monoisotopic (exact) mass is 167 g/mol. The highest BCUT2D eigenvalue weighted by Crippen LogP contribution is 2.11. The standard InChI is InChI=1S/C9H17N3/c1-3-12-8(2)6-11-7-9(12)4-5-10/h8-9,11H,3-4,6-7H2,1-2H3. The lowest BCUT2D eigenvalue weighted by molar-refractivity contribution is 0.116. The van der Waals surface area contributed by atoms with Crippen molar-refractivity contribution in [3.8, 4) is 6.07 Å². The summed E-state index contributed by atoms with van der Waals surface area (Å²) in [6.45, 7) is 7.43. The number of nitrogens with zero attached hydrogens (tertiary/aromatic N) is 2. The summed E-state index contributed by atoms with van der Waals surface area (Å²) in [7, 11) is 0. The molecule has 0 spiro atoms. The highest BCUT2D eigenvalue weighted by atomic mass is 15.2. The van der Waals surface area contributed by atoms with E-state index in [4.69, 9.17) is 5.26 Å². The topological polar surface area (TPSA) is 39.1 Å². The van der Waals surface area contributed by atoms with Gasteiger partial charge < -0.3 is 5.32 Å². The lowest BCUT2D eigenvalue weighted by atomic mass is 10.1. The average Bonchev–Trinajstić information content (AvgIpc) is 2.05. The Morgan fingerprint density at radius 3 is 2.92 bits per heavy atom. The van der Waals surface area contributed by atoms with Crippen LogP contribution in [0, 0.1) is 11.3 Å². The van der Waals surface area contributed by atoms with Gasteiger partial charge in [0.2, 0.25) is 0 Å². The third kappa shape index (κ3) is 1.96. The molecule has 1 rings (SSSR count). The number of rotatable bonds is 2. The molecule has 1 aliphatic heterocycles. The smallest absolute Gasteiger partial charge is 0.0638 e. The van der Waals surface area contributed by atoms with Gasteiger partial charge in [-0.25, -0.2) is 0 Å². The first kappa shape index (κ1) is 9.50. The van der Waals surface area contributed by atoms with E-state index in [0.29, 0.717) is 18.5 Å². The minimum Gasteiger partial charge on any atom is -0.314 e. The van der Waals surface area contributed by atoms with Crippen LogP contribution in [-0.4, -0.2) is 36.6 Å². The lowest BCUT2D eigenvalue weighted by Crippen LogP contribution is -2.55. The largest absolute Gasteiger partial charge is 0.314 e. The van der Waals surface area contributed by atoms with Crippen molar-refractivity contribution in [2.24, 2.45) is 0 Å². The van der Waals surface area contributed by atoms with Crippen molar-refractivity contribution < 1.29 is 0 Å². The van der Waals surface area contributed by atoms with E-state index in [2.05, 4.69) is 30.1 Å². The van der Waals surface area contributed by atoms with E-state index in [1.807, 2.05) is 0 Å². The van der Waals surface area contributed by atoms with Crippen LogP contribution in [0.5, 0.6) is 0 Å². The molecule has 0 bridgehead atoms. The number of nitrogens with one attached hydrogen (secondary N) is 1. The van der Waals surface area contributed by atoms with Crippen LogP contribution in [0.4, 0.5) is 0 Å². The molecule has 68 valence electrons. The molecule has 12 heavy (non-hydrogen) atoms. The maximum Gasteiger partial charge on any atom is 0.0638 e. The summed E-state index contributed by atoms with van der Waals surface area (Å²) in [6.07, 6.45) is 0.644. The Labute approximate surface area is 74.4 Å². The zero-order chi connectivity index (χ0) is 8.97. The van der Waals surface area contributed by atoms with Gasteiger partial charge in [-0.15, -0.1) is 0 Å². The number of nitriles is 1. The molecule has 0 radical (unpaired) electrons. The van der Waals surface area contributed by atoms with Gasteiger partial charge in [-0.05, 0) is 13.5 Å². The normalized spacial score (nSPS) is 31.4. The van der Waals surface area contributed by atoms with Gasteiger partial charge in [-0.1, -0.05) is 6.92 Å². The molecule has 0 aromatic rings. The van der Waals surface area contributed by atoms with Crippen molar-refractivity contribution in [3.05, 3.63) is 0 Å². The fraction of sp³-hybridized carbons (Fsp3) is 0.889. The Morgan fingerprint density at radius 1 is 1.58 bits per heavy atom. The molecule has 1 aliphatic rings. The van der Waals surface area contributed by atoms with Crippen LogP contribution in [0.1, 0.15) is 20.3 Å². The molecule has 3 heteroatoms. The molecule has 0 aromatic heterocycles. The van der Waals surface area contributed by atoms with E-state index in [1.54, 1.807) is 0 Å². The van der Waals surface area contributed by atoms with Crippen molar-refractivity contribution in [1.82, 2.24) is 10.2 Å². The fourth-order valence-corrected chi connectivity index (χ4v) is 1.92. The van der Waals surface area contributed by atoms with Gasteiger partial charge in [0, 0.05) is 25.2 Å². The van der Waals surface area contributed by atoms with Gasteiger partial charge in [0.15, 0.2) is 0 Å². The van der Waals surface area contributed by atoms with Gasteiger partial charge in [-0.2, -0.15) is 5.26 Å². The maximum absolute atomic E-state index is 8.61. The Kier molecular flexibility index (Phi) is 3.51. The van der Waals surface area contributed by atoms with Crippen molar-refractivity contribution >= 4 is 0 Å². The van der Waals surface area contributed by atoms with E-state index < -0.39 is 0 Å². The van der Waals surface area contributed by atoms with Crippen LogP contribution in [0.3, 0.4) is 0 Å². The first-order chi connectivity index (χ1) is 5.79. The quantitative estimate of drug-likeness (QED) is 0.654. The summed E-state index contributed by atoms with van der Waals surface area (Å²) in [6, 6.07) is 3.23. The van der Waals surface area contributed by atoms with Gasteiger partial charge in [0.1, 0.15) is 0 Å². The highest BCUT2D eigenvalue weighted by molar-refractivity contribution is 4.90. The summed E-state index contributed by atoms with van der Waals surface area (Å²) in [5.41, 5.74) is 0. The zero-order valence-corrected chi connectivity index (χ0v) is 7.88. The Hall–Kier alpha value is -0.590. The second-order valence-corrected chi connectivity index (χ2v) is 3.35. The minimum absolute atomic E-state index is 0.420. The highest BCUT2D eigenvalue weighted by Gasteiger charge is 2.25. The van der Waals surface area contributed by atoms with Crippen LogP contribution in [0.25, 0.3) is 0 Å². The third-order valence-electron chi connectivity index (χ3n) is 2.55. The van der Waals surface area contributed by atoms with E-state index in [0.717, 1.165) is 19.6 Å². The minimum atomic E-state index is 0.420. The first-order valence-corrected chi connectivity index (χ1v) is 4.63. The van der Waals surface area contributed by atoms with E-state index >= 15 is 0 Å². The molecule has 0 saturated carbocycles. The van der Waals surface area contributed by atoms with Gasteiger partial charge in [0.05, 0.1) is 12.5 Å². The fourth-order valence-electron chi connectivity index (χ4n) is 1.92. The summed E-state index contributed by atoms with van der Waals surface area (Å²) < 4.78 is 0. The van der Waals surface area contributed by atoms with Crippen LogP contribution in [0.15, 0.2) is 0 Å². The van der Waals surface area contributed by atoms with E-state index in [-0.39, 0.29) is 0 Å². The van der Waals surface area contributed by atoms with E-state index in [1.165, 1.54) is 0 Å². The second kappa shape index (κ2) is 4.44. The summed E-state index contributed by atoms with van der Waals surface area (Å²) in [5, 5.41) is 12.0. The van der Waals surface area contributed by atoms with Crippen molar-refractivity contribution in [3.63, 3.8) is 0 Å². The average molecular weight is 167 g/mol. The van der Waals surface area contributed by atoms with Crippen molar-refractivity contribution in [2.75, 3.05) is 19.6 Å². The molecule has 0 aliphatic carbocycles. The second-order valence-electron chi connectivity index (χ2n) is 3.35. The van der Waals surface area contributed by atoms with Gasteiger partial charge in [-0.3, -0.25) is 4.90 Å². The number of hydrogen-bond acceptors (Lipinski definition) is 3. The zero-order valence-electron chi connectivity index (χ0n) is 7.88. The van der Waals surface area contributed by atoms with Gasteiger partial charge >= 0.3 is 0 Å². The summed E-state index contributed by atoms with van der Waals surface area (Å²) in [5.74, 6) is 0. The molecule has 2 unspecified atom stereocenters. The molecular formula is C9H17N3. The maximum atomic E-state index is 8.61. The Morgan fingerprint density at radius 2 is 2.33 bits per heavy atom. The molecule has 0 aromatic carbocycles. The Bertz CT molecular complexity index is 173. The van der Waals surface area contributed by atoms with Crippen molar-refractivity contribution in [1.29, 1.82) is 5.26 Å². The van der Waals surface area contributed by atoms with Crippen LogP contribution in [-0.2, 0) is 0 Å². The molecule has 1 fully saturated rings. The predicted octanol–water partition coefficient (Wildman–Crippen LogP) is 0.582. The molecule has 1 saturated heterocycles. The molecule has 2 atom stereocenters. The number of likely N-dealkylation sites (N-methyl/N-ethyl adjacent to an activating group) is 1. The predicted molar refractivity (Wildman–Crippen MR) is 48.7 cm³/mol. The molecule has 3 nitrogen and oxygen atoms in total. The van der Waals surface area contributed by atoms with Crippen molar-refractivity contribution in [2.45, 2.75) is 32.4 Å². The summed E-state index contributed by atoms with van der Waals surface area (Å²) >= 11 is 0. The molecular weight excluding hydrogens is 150 g/mol. The molecule has 1 heterocycles. The van der Waals surface area contributed by atoms with Crippen LogP contribution in [0.2, 0.25) is 0 Å². The van der Waals surface area contributed by atoms with Gasteiger partial charge in [0.25, 0.3) is 0 Å². The molecule has 1 N–H and O–H groups in total. The third-order valence-corrected chi connectivity index (χ3v) is 2.55. The molecule has 0 amide bonds. The lowest BCUT2D eigenvalue weighted by Gasteiger charge is -2.39. The Balaban J connectivity index is 2.52.